The number of fused-ring (bicyclic) bond motifs is 4. The maximum atomic E-state index is 14.3. The van der Waals surface area contributed by atoms with Gasteiger partial charge in [-0.3, -0.25) is 19.1 Å². The molecule has 6 heterocycles. The highest BCUT2D eigenvalue weighted by Gasteiger charge is 2.40. The summed E-state index contributed by atoms with van der Waals surface area (Å²) < 4.78 is 48.4. The van der Waals surface area contributed by atoms with Crippen molar-refractivity contribution in [3.63, 3.8) is 0 Å². The number of thiophene rings is 1. The number of anilines is 2. The standard InChI is InChI=1S/C29H30ClF3N8O3S/c1-15-23-24(39-8-6-34-7-9-39)27(43)41-28(36-25(37-41)21-11-16-5-10-44-14-22(16)45-21)40(23)20(13-38(15)2)26(42)35-19-4-3-17(12-18(19)30)29(31,32)33/h3-4,11-12,15,20,34H,5-10,13-14H2,1-2H3,(H,35,42)/t15-,20-/m0/s1. The number of likely N-dealkylation sites (N-methyl/N-ethyl adjacent to an activating group) is 1. The quantitative estimate of drug-likeness (QED) is 0.338. The first-order valence-electron chi connectivity index (χ1n) is 14.6. The molecule has 4 aromatic rings. The first-order valence-corrected chi connectivity index (χ1v) is 15.8. The van der Waals surface area contributed by atoms with Crippen LogP contribution >= 0.6 is 22.9 Å². The summed E-state index contributed by atoms with van der Waals surface area (Å²) in [4.78, 5) is 39.0. The number of rotatable bonds is 4. The van der Waals surface area contributed by atoms with Crippen LogP contribution in [-0.2, 0) is 28.7 Å². The molecule has 238 valence electrons. The predicted molar refractivity (Wildman–Crippen MR) is 164 cm³/mol. The summed E-state index contributed by atoms with van der Waals surface area (Å²) in [5, 5.41) is 10.5. The van der Waals surface area contributed by atoms with E-state index in [-0.39, 0.29) is 34.6 Å². The van der Waals surface area contributed by atoms with Crippen LogP contribution in [0.1, 0.15) is 40.7 Å². The van der Waals surface area contributed by atoms with Crippen molar-refractivity contribution in [1.29, 1.82) is 0 Å². The fourth-order valence-corrected chi connectivity index (χ4v) is 7.52. The minimum Gasteiger partial charge on any atom is -0.376 e. The molecule has 0 aliphatic carbocycles. The van der Waals surface area contributed by atoms with E-state index >= 15 is 0 Å². The normalized spacial score (nSPS) is 20.7. The number of amides is 1. The van der Waals surface area contributed by atoms with Gasteiger partial charge in [-0.1, -0.05) is 11.6 Å². The van der Waals surface area contributed by atoms with Crippen LogP contribution in [0.4, 0.5) is 24.5 Å². The minimum absolute atomic E-state index is 0.0467. The highest BCUT2D eigenvalue weighted by molar-refractivity contribution is 7.15. The van der Waals surface area contributed by atoms with E-state index in [1.165, 1.54) is 21.4 Å². The topological polar surface area (TPSA) is 109 Å². The van der Waals surface area contributed by atoms with Crippen molar-refractivity contribution >= 4 is 46.0 Å². The van der Waals surface area contributed by atoms with Gasteiger partial charge in [-0.15, -0.1) is 16.4 Å². The molecule has 11 nitrogen and oxygen atoms in total. The Bertz CT molecular complexity index is 1840. The predicted octanol–water partition coefficient (Wildman–Crippen LogP) is 3.96. The number of nitrogens with one attached hydrogen (secondary N) is 2. The lowest BCUT2D eigenvalue weighted by molar-refractivity contribution is -0.137. The lowest BCUT2D eigenvalue weighted by atomic mass is 10.0. The number of ether oxygens (including phenoxy) is 1. The van der Waals surface area contributed by atoms with Crippen LogP contribution in [0.5, 0.6) is 0 Å². The van der Waals surface area contributed by atoms with Gasteiger partial charge in [-0.25, -0.2) is 0 Å². The number of alkyl halides is 3. The number of carbonyl (C=O) groups is 1. The number of hydrogen-bond acceptors (Lipinski definition) is 9. The average molecular weight is 663 g/mol. The van der Waals surface area contributed by atoms with Gasteiger partial charge < -0.3 is 20.3 Å². The van der Waals surface area contributed by atoms with Crippen molar-refractivity contribution in [2.24, 2.45) is 0 Å². The molecule has 1 saturated heterocycles. The Morgan fingerprint density at radius 3 is 2.71 bits per heavy atom. The molecule has 7 rings (SSSR count). The van der Waals surface area contributed by atoms with Crippen molar-refractivity contribution in [1.82, 2.24) is 29.4 Å². The number of carbonyl (C=O) groups excluding carboxylic acids is 1. The van der Waals surface area contributed by atoms with Crippen molar-refractivity contribution < 1.29 is 22.7 Å². The van der Waals surface area contributed by atoms with E-state index in [1.807, 2.05) is 29.8 Å². The van der Waals surface area contributed by atoms with Gasteiger partial charge in [0.1, 0.15) is 11.7 Å². The van der Waals surface area contributed by atoms with Gasteiger partial charge in [-0.05, 0) is 50.2 Å². The highest BCUT2D eigenvalue weighted by atomic mass is 35.5. The number of halogens is 4. The molecule has 3 aromatic heterocycles. The van der Waals surface area contributed by atoms with E-state index in [0.717, 1.165) is 34.4 Å². The van der Waals surface area contributed by atoms with E-state index in [1.54, 1.807) is 4.57 Å². The fraction of sp³-hybridized carbons (Fsp3) is 0.448. The number of aromatic nitrogens is 4. The zero-order valence-electron chi connectivity index (χ0n) is 24.4. The SMILES string of the molecule is C[C@H]1c2c(N3CCNCC3)c(=O)n3nc(-c4cc5c(s4)COCC5)nc3n2[C@H](C(=O)Nc2ccc(C(F)(F)F)cc2Cl)CN1C. The molecule has 0 spiro atoms. The van der Waals surface area contributed by atoms with Crippen LogP contribution in [0.15, 0.2) is 29.1 Å². The molecule has 0 bridgehead atoms. The Morgan fingerprint density at radius 1 is 1.22 bits per heavy atom. The number of nitrogens with zero attached hydrogens (tertiary/aromatic N) is 6. The molecule has 3 aliphatic rings. The maximum absolute atomic E-state index is 14.3. The maximum Gasteiger partial charge on any atom is 0.416 e. The van der Waals surface area contributed by atoms with E-state index < -0.39 is 23.7 Å². The van der Waals surface area contributed by atoms with E-state index in [0.29, 0.717) is 56.6 Å². The van der Waals surface area contributed by atoms with Crippen LogP contribution in [0.25, 0.3) is 16.5 Å². The molecule has 45 heavy (non-hydrogen) atoms. The Labute approximate surface area is 264 Å². The molecular weight excluding hydrogens is 633 g/mol. The molecule has 0 radical (unpaired) electrons. The lowest BCUT2D eigenvalue weighted by Gasteiger charge is -2.41. The summed E-state index contributed by atoms with van der Waals surface area (Å²) in [5.74, 6) is 0.0714. The molecular formula is C29H30ClF3N8O3S. The highest BCUT2D eigenvalue weighted by Crippen LogP contribution is 2.39. The first kappa shape index (κ1) is 30.2. The van der Waals surface area contributed by atoms with Crippen LogP contribution in [0.3, 0.4) is 0 Å². The molecule has 0 saturated carbocycles. The fourth-order valence-electron chi connectivity index (χ4n) is 6.21. The molecule has 16 heteroatoms. The Kier molecular flexibility index (Phi) is 7.63. The summed E-state index contributed by atoms with van der Waals surface area (Å²) >= 11 is 7.73. The van der Waals surface area contributed by atoms with Crippen molar-refractivity contribution in [2.45, 2.75) is 38.2 Å². The minimum atomic E-state index is -4.58. The summed E-state index contributed by atoms with van der Waals surface area (Å²) in [6, 6.07) is 3.66. The van der Waals surface area contributed by atoms with Gasteiger partial charge in [0.2, 0.25) is 11.7 Å². The zero-order valence-corrected chi connectivity index (χ0v) is 26.0. The van der Waals surface area contributed by atoms with Crippen molar-refractivity contribution in [3.8, 4) is 10.7 Å². The third-order valence-corrected chi connectivity index (χ3v) is 10.1. The van der Waals surface area contributed by atoms with Gasteiger partial charge in [0.15, 0.2) is 5.82 Å². The summed E-state index contributed by atoms with van der Waals surface area (Å²) in [6.45, 7) is 5.89. The lowest BCUT2D eigenvalue weighted by Crippen LogP contribution is -2.50. The van der Waals surface area contributed by atoms with Crippen molar-refractivity contribution in [2.75, 3.05) is 56.6 Å². The summed E-state index contributed by atoms with van der Waals surface area (Å²) in [7, 11) is 1.86. The summed E-state index contributed by atoms with van der Waals surface area (Å²) in [6.07, 6.45) is -3.80. The second kappa shape index (κ2) is 11.4. The van der Waals surface area contributed by atoms with Gasteiger partial charge >= 0.3 is 6.18 Å². The molecule has 1 amide bonds. The first-order chi connectivity index (χ1) is 21.5. The van der Waals surface area contributed by atoms with Crippen LogP contribution in [0, 0.1) is 0 Å². The van der Waals surface area contributed by atoms with Gasteiger partial charge in [-0.2, -0.15) is 22.7 Å². The monoisotopic (exact) mass is 662 g/mol. The molecule has 1 aromatic carbocycles. The van der Waals surface area contributed by atoms with E-state index in [2.05, 4.69) is 15.7 Å². The van der Waals surface area contributed by atoms with Gasteiger partial charge in [0.05, 0.1) is 40.1 Å². The van der Waals surface area contributed by atoms with Crippen LogP contribution in [-0.4, -0.2) is 76.4 Å². The number of hydrogen-bond donors (Lipinski definition) is 2. The third-order valence-electron chi connectivity index (χ3n) is 8.69. The Morgan fingerprint density at radius 2 is 2.00 bits per heavy atom. The zero-order chi connectivity index (χ0) is 31.6. The van der Waals surface area contributed by atoms with E-state index in [4.69, 9.17) is 21.3 Å². The van der Waals surface area contributed by atoms with Crippen LogP contribution < -0.4 is 21.1 Å². The molecule has 1 fully saturated rings. The second-order valence-electron chi connectivity index (χ2n) is 11.5. The molecule has 2 atom stereocenters. The Hall–Kier alpha value is -3.50. The average Bonchev–Trinajstić information content (AvgIpc) is 3.65. The summed E-state index contributed by atoms with van der Waals surface area (Å²) in [5.41, 5.74) is 1.04. The molecule has 3 aliphatic heterocycles. The second-order valence-corrected chi connectivity index (χ2v) is 13.0. The van der Waals surface area contributed by atoms with Gasteiger partial charge in [0.25, 0.3) is 5.56 Å². The Balaban J connectivity index is 1.38. The number of benzene rings is 1. The van der Waals surface area contributed by atoms with E-state index in [9.17, 15) is 22.8 Å². The molecule has 0 unspecified atom stereocenters. The molecule has 2 N–H and O–H groups in total. The van der Waals surface area contributed by atoms with Crippen LogP contribution in [0.2, 0.25) is 5.02 Å². The largest absolute Gasteiger partial charge is 0.416 e. The van der Waals surface area contributed by atoms with Gasteiger partial charge in [0, 0.05) is 43.6 Å². The number of piperazine rings is 1. The third kappa shape index (κ3) is 5.29. The van der Waals surface area contributed by atoms with Crippen molar-refractivity contribution in [3.05, 3.63) is 61.3 Å². The smallest absolute Gasteiger partial charge is 0.376 e.